The van der Waals surface area contributed by atoms with Gasteiger partial charge in [-0.2, -0.15) is 0 Å². The molecule has 0 bridgehead atoms. The van der Waals surface area contributed by atoms with E-state index in [9.17, 15) is 9.90 Å². The molecule has 7 heteroatoms. The summed E-state index contributed by atoms with van der Waals surface area (Å²) < 4.78 is 12.4. The lowest BCUT2D eigenvalue weighted by Gasteiger charge is -2.13. The van der Waals surface area contributed by atoms with Crippen molar-refractivity contribution >= 4 is 16.9 Å². The highest BCUT2D eigenvalue weighted by Gasteiger charge is 2.15. The lowest BCUT2D eigenvalue weighted by molar-refractivity contribution is 0.174. The Hall–Kier alpha value is -3.19. The number of para-hydroxylation sites is 1. The van der Waals surface area contributed by atoms with Crippen LogP contribution in [0.4, 0.5) is 4.79 Å². The Morgan fingerprint density at radius 2 is 1.86 bits per heavy atom. The average molecular weight is 383 g/mol. The van der Waals surface area contributed by atoms with E-state index >= 15 is 0 Å². The van der Waals surface area contributed by atoms with Gasteiger partial charge in [0.05, 0.1) is 20.3 Å². The van der Waals surface area contributed by atoms with E-state index in [1.807, 2.05) is 54.2 Å². The van der Waals surface area contributed by atoms with Gasteiger partial charge in [-0.05, 0) is 23.8 Å². The van der Waals surface area contributed by atoms with E-state index in [2.05, 4.69) is 10.6 Å². The molecule has 0 aliphatic carbocycles. The first-order valence-electron chi connectivity index (χ1n) is 8.98. The third kappa shape index (κ3) is 4.20. The van der Waals surface area contributed by atoms with E-state index in [0.717, 1.165) is 22.0 Å². The van der Waals surface area contributed by atoms with Crippen LogP contribution in [-0.2, 0) is 13.6 Å². The molecule has 0 saturated carbocycles. The van der Waals surface area contributed by atoms with E-state index in [0.29, 0.717) is 18.0 Å². The van der Waals surface area contributed by atoms with Gasteiger partial charge in [-0.1, -0.05) is 24.3 Å². The van der Waals surface area contributed by atoms with E-state index in [-0.39, 0.29) is 12.6 Å². The normalized spacial score (nSPS) is 11.9. The lowest BCUT2D eigenvalue weighted by atomic mass is 10.1. The molecule has 148 valence electrons. The summed E-state index contributed by atoms with van der Waals surface area (Å²) in [7, 11) is 5.07. The number of ether oxygens (including phenoxy) is 2. The number of urea groups is 1. The zero-order valence-corrected chi connectivity index (χ0v) is 16.2. The first-order chi connectivity index (χ1) is 13.5. The summed E-state index contributed by atoms with van der Waals surface area (Å²) in [6.07, 6.45) is 1.09. The Morgan fingerprint density at radius 1 is 1.11 bits per heavy atom. The van der Waals surface area contributed by atoms with Crippen molar-refractivity contribution in [2.45, 2.75) is 12.6 Å². The van der Waals surface area contributed by atoms with Crippen molar-refractivity contribution in [1.29, 1.82) is 0 Å². The molecule has 2 amide bonds. The second kappa shape index (κ2) is 8.67. The topological polar surface area (TPSA) is 84.8 Å². The number of fused-ring (bicyclic) bond motifs is 1. The van der Waals surface area contributed by atoms with Crippen LogP contribution < -0.4 is 20.1 Å². The molecule has 0 spiro atoms. The van der Waals surface area contributed by atoms with Crippen LogP contribution in [0.3, 0.4) is 0 Å². The maximum Gasteiger partial charge on any atom is 0.315 e. The Labute approximate surface area is 163 Å². The number of rotatable bonds is 7. The van der Waals surface area contributed by atoms with Crippen LogP contribution in [0.2, 0.25) is 0 Å². The second-order valence-electron chi connectivity index (χ2n) is 6.48. The summed E-state index contributed by atoms with van der Waals surface area (Å²) in [5.41, 5.74) is 2.70. The number of carbonyl (C=O) groups is 1. The van der Waals surface area contributed by atoms with Gasteiger partial charge in [-0.15, -0.1) is 0 Å². The molecular formula is C21H25N3O4. The molecular weight excluding hydrogens is 358 g/mol. The lowest BCUT2D eigenvalue weighted by Crippen LogP contribution is -2.37. The first kappa shape index (κ1) is 19.6. The minimum atomic E-state index is -0.794. The third-order valence-corrected chi connectivity index (χ3v) is 4.64. The molecule has 0 aliphatic heterocycles. The van der Waals surface area contributed by atoms with Crippen molar-refractivity contribution in [3.05, 3.63) is 59.8 Å². The number of benzene rings is 2. The van der Waals surface area contributed by atoms with Crippen LogP contribution in [-0.4, -0.2) is 36.5 Å². The fourth-order valence-electron chi connectivity index (χ4n) is 3.17. The number of carbonyl (C=O) groups excluding carboxylic acids is 1. The number of hydrogen-bond acceptors (Lipinski definition) is 4. The van der Waals surface area contributed by atoms with E-state index < -0.39 is 6.10 Å². The van der Waals surface area contributed by atoms with Gasteiger partial charge in [-0.3, -0.25) is 0 Å². The summed E-state index contributed by atoms with van der Waals surface area (Å²) in [6, 6.07) is 12.9. The quantitative estimate of drug-likeness (QED) is 0.586. The largest absolute Gasteiger partial charge is 0.493 e. The first-order valence-corrected chi connectivity index (χ1v) is 8.98. The van der Waals surface area contributed by atoms with Crippen LogP contribution in [0.25, 0.3) is 10.9 Å². The number of amides is 2. The molecule has 0 fully saturated rings. The third-order valence-electron chi connectivity index (χ3n) is 4.64. The number of methoxy groups -OCH3 is 2. The number of aliphatic hydroxyl groups excluding tert-OH is 1. The Kier molecular flexibility index (Phi) is 6.06. The number of hydrogen-bond donors (Lipinski definition) is 3. The smallest absolute Gasteiger partial charge is 0.315 e. The van der Waals surface area contributed by atoms with Crippen molar-refractivity contribution in [2.75, 3.05) is 20.8 Å². The van der Waals surface area contributed by atoms with Gasteiger partial charge in [-0.25, -0.2) is 4.79 Å². The van der Waals surface area contributed by atoms with Crippen molar-refractivity contribution in [3.63, 3.8) is 0 Å². The molecule has 3 N–H and O–H groups in total. The molecule has 3 rings (SSSR count). The Balaban J connectivity index is 1.55. The number of aryl methyl sites for hydroxylation is 1. The van der Waals surface area contributed by atoms with Gasteiger partial charge < -0.3 is 29.8 Å². The predicted molar refractivity (Wildman–Crippen MR) is 108 cm³/mol. The van der Waals surface area contributed by atoms with Gasteiger partial charge >= 0.3 is 6.03 Å². The summed E-state index contributed by atoms with van der Waals surface area (Å²) in [5.74, 6) is 1.24. The molecule has 2 aromatic carbocycles. The molecule has 3 aromatic rings. The van der Waals surface area contributed by atoms with Crippen molar-refractivity contribution in [2.24, 2.45) is 7.05 Å². The minimum Gasteiger partial charge on any atom is -0.493 e. The number of aromatic nitrogens is 1. The molecule has 1 aromatic heterocycles. The number of nitrogens with one attached hydrogen (secondary N) is 2. The molecule has 1 atom stereocenters. The summed E-state index contributed by atoms with van der Waals surface area (Å²) in [6.45, 7) is 0.447. The van der Waals surface area contributed by atoms with Crippen molar-refractivity contribution in [3.8, 4) is 11.5 Å². The molecule has 0 radical (unpaired) electrons. The Bertz CT molecular complexity index is 967. The monoisotopic (exact) mass is 383 g/mol. The van der Waals surface area contributed by atoms with Gasteiger partial charge in [0.1, 0.15) is 0 Å². The highest BCUT2D eigenvalue weighted by Crippen LogP contribution is 2.27. The SMILES string of the molecule is COc1ccc(CNC(=O)NCC(O)c2cn(C)c3ccccc23)cc1OC. The predicted octanol–water partition coefficient (Wildman–Crippen LogP) is 2.73. The van der Waals surface area contributed by atoms with Crippen molar-refractivity contribution < 1.29 is 19.4 Å². The maximum absolute atomic E-state index is 12.1. The van der Waals surface area contributed by atoms with Crippen LogP contribution in [0.1, 0.15) is 17.2 Å². The summed E-state index contributed by atoms with van der Waals surface area (Å²) in [5, 5.41) is 17.0. The standard InChI is InChI=1S/C21H25N3O4/c1-24-13-16(15-6-4-5-7-17(15)24)18(25)12-23-21(26)22-11-14-8-9-19(27-2)20(10-14)28-3/h4-10,13,18,25H,11-12H2,1-3H3,(H2,22,23,26). The minimum absolute atomic E-state index is 0.117. The summed E-state index contributed by atoms with van der Waals surface area (Å²) >= 11 is 0. The zero-order valence-electron chi connectivity index (χ0n) is 16.2. The van der Waals surface area contributed by atoms with Gasteiger partial charge in [0.15, 0.2) is 11.5 Å². The van der Waals surface area contributed by atoms with Gasteiger partial charge in [0.25, 0.3) is 0 Å². The van der Waals surface area contributed by atoms with Gasteiger partial charge in [0.2, 0.25) is 0 Å². The molecule has 0 aliphatic rings. The second-order valence-corrected chi connectivity index (χ2v) is 6.48. The fraction of sp³-hybridized carbons (Fsp3) is 0.286. The average Bonchev–Trinajstić information content (AvgIpc) is 3.07. The zero-order chi connectivity index (χ0) is 20.1. The van der Waals surface area contributed by atoms with E-state index in [1.165, 1.54) is 0 Å². The number of nitrogens with zero attached hydrogens (tertiary/aromatic N) is 1. The molecule has 7 nitrogen and oxygen atoms in total. The van der Waals surface area contributed by atoms with Crippen molar-refractivity contribution in [1.82, 2.24) is 15.2 Å². The Morgan fingerprint density at radius 3 is 2.61 bits per heavy atom. The molecule has 1 unspecified atom stereocenters. The van der Waals surface area contributed by atoms with Crippen LogP contribution >= 0.6 is 0 Å². The van der Waals surface area contributed by atoms with E-state index in [1.54, 1.807) is 20.3 Å². The van der Waals surface area contributed by atoms with E-state index in [4.69, 9.17) is 9.47 Å². The van der Waals surface area contributed by atoms with Gasteiger partial charge in [0, 0.05) is 42.8 Å². The fourth-order valence-corrected chi connectivity index (χ4v) is 3.17. The highest BCUT2D eigenvalue weighted by atomic mass is 16.5. The number of aliphatic hydroxyl groups is 1. The van der Waals surface area contributed by atoms with Crippen LogP contribution in [0, 0.1) is 0 Å². The summed E-state index contributed by atoms with van der Waals surface area (Å²) in [4.78, 5) is 12.1. The van der Waals surface area contributed by atoms with Crippen LogP contribution in [0.5, 0.6) is 11.5 Å². The highest BCUT2D eigenvalue weighted by molar-refractivity contribution is 5.84. The molecule has 28 heavy (non-hydrogen) atoms. The molecule has 0 saturated heterocycles. The maximum atomic E-state index is 12.1. The molecule has 1 heterocycles. The van der Waals surface area contributed by atoms with Crippen LogP contribution in [0.15, 0.2) is 48.7 Å².